The molecular formula is C4H7NO2. The molecule has 0 spiro atoms. The minimum absolute atomic E-state index is 0.469. The van der Waals surface area contributed by atoms with Crippen LogP contribution in [-0.2, 0) is 0 Å². The minimum atomic E-state index is -0.469. The Balaban J connectivity index is 3.26. The molecule has 3 nitrogen and oxygen atoms in total. The van der Waals surface area contributed by atoms with Crippen molar-refractivity contribution >= 4 is 0 Å². The van der Waals surface area contributed by atoms with E-state index >= 15 is 0 Å². The molecule has 0 atom stereocenters. The summed E-state index contributed by atoms with van der Waals surface area (Å²) in [5.74, 6) is 0. The van der Waals surface area contributed by atoms with E-state index in [0.29, 0.717) is 0 Å². The largest absolute Gasteiger partial charge is 0.259 e. The third-order valence-corrected chi connectivity index (χ3v) is 0.463. The smallest absolute Gasteiger partial charge is 0.230 e. The minimum Gasteiger partial charge on any atom is -0.259 e. The van der Waals surface area contributed by atoms with Crippen LogP contribution < -0.4 is 0 Å². The second kappa shape index (κ2) is 3.33. The summed E-state index contributed by atoms with van der Waals surface area (Å²) in [5.41, 5.74) is 0. The van der Waals surface area contributed by atoms with Gasteiger partial charge in [0.05, 0.1) is 4.92 Å². The highest BCUT2D eigenvalue weighted by atomic mass is 16.6. The fourth-order valence-corrected chi connectivity index (χ4v) is 0.191. The number of rotatable bonds is 2. The molecule has 0 saturated carbocycles. The average Bonchev–Trinajstić information content (AvgIpc) is 1.61. The van der Waals surface area contributed by atoms with Crippen molar-refractivity contribution in [2.75, 3.05) is 0 Å². The molecule has 0 bridgehead atoms. The summed E-state index contributed by atoms with van der Waals surface area (Å²) in [6.45, 7) is 1.85. The van der Waals surface area contributed by atoms with Crippen LogP contribution in [0.15, 0.2) is 12.3 Å². The molecule has 0 aliphatic heterocycles. The molecule has 0 unspecified atom stereocenters. The van der Waals surface area contributed by atoms with Crippen molar-refractivity contribution in [3.63, 3.8) is 0 Å². The van der Waals surface area contributed by atoms with Crippen LogP contribution in [0, 0.1) is 10.1 Å². The highest BCUT2D eigenvalue weighted by Gasteiger charge is 1.77. The molecule has 0 N–H and O–H groups in total. The first-order valence-electron chi connectivity index (χ1n) is 2.07. The lowest BCUT2D eigenvalue weighted by molar-refractivity contribution is -0.402. The topological polar surface area (TPSA) is 43.1 Å². The molecule has 0 radical (unpaired) electrons. The summed E-state index contributed by atoms with van der Waals surface area (Å²) in [6, 6.07) is 0. The maximum atomic E-state index is 9.48. The first kappa shape index (κ1) is 6.14. The molecule has 7 heavy (non-hydrogen) atoms. The first-order chi connectivity index (χ1) is 3.27. The Bertz CT molecular complexity index is 87.7. The molecule has 0 aromatic heterocycles. The molecule has 0 aliphatic carbocycles. The van der Waals surface area contributed by atoms with Crippen LogP contribution in [0.5, 0.6) is 0 Å². The molecular weight excluding hydrogens is 94.0 g/mol. The van der Waals surface area contributed by atoms with E-state index in [9.17, 15) is 10.1 Å². The molecule has 40 valence electrons. The third kappa shape index (κ3) is 5.14. The number of nitro groups is 1. The summed E-state index contributed by atoms with van der Waals surface area (Å²) >= 11 is 0. The van der Waals surface area contributed by atoms with Crippen molar-refractivity contribution < 1.29 is 4.92 Å². The number of nitrogens with zero attached hydrogens (tertiary/aromatic N) is 1. The molecule has 0 aromatic rings. The van der Waals surface area contributed by atoms with Crippen molar-refractivity contribution in [3.05, 3.63) is 22.4 Å². The maximum absolute atomic E-state index is 9.48. The Kier molecular flexibility index (Phi) is 2.92. The SMILES string of the molecule is CC/C=C/[N+](=O)[O-]. The summed E-state index contributed by atoms with van der Waals surface area (Å²) in [5, 5.41) is 9.48. The predicted molar refractivity (Wildman–Crippen MR) is 26.4 cm³/mol. The van der Waals surface area contributed by atoms with Gasteiger partial charge in [-0.05, 0) is 12.5 Å². The van der Waals surface area contributed by atoms with Crippen molar-refractivity contribution in [3.8, 4) is 0 Å². The fraction of sp³-hybridized carbons (Fsp3) is 0.500. The molecule has 0 aliphatic rings. The van der Waals surface area contributed by atoms with Crippen LogP contribution in [0.4, 0.5) is 0 Å². The predicted octanol–water partition coefficient (Wildman–Crippen LogP) is 1.19. The highest BCUT2D eigenvalue weighted by molar-refractivity contribution is 4.68. The van der Waals surface area contributed by atoms with Gasteiger partial charge in [-0.15, -0.1) is 0 Å². The van der Waals surface area contributed by atoms with E-state index in [2.05, 4.69) is 0 Å². The van der Waals surface area contributed by atoms with Gasteiger partial charge in [0.15, 0.2) is 0 Å². The Morgan fingerprint density at radius 3 is 2.57 bits per heavy atom. The lowest BCUT2D eigenvalue weighted by atomic mass is 10.5. The van der Waals surface area contributed by atoms with E-state index in [1.807, 2.05) is 6.92 Å². The van der Waals surface area contributed by atoms with Gasteiger partial charge in [0.2, 0.25) is 6.20 Å². The van der Waals surface area contributed by atoms with Gasteiger partial charge in [-0.1, -0.05) is 6.92 Å². The van der Waals surface area contributed by atoms with Crippen LogP contribution in [0.25, 0.3) is 0 Å². The van der Waals surface area contributed by atoms with Crippen molar-refractivity contribution in [2.24, 2.45) is 0 Å². The van der Waals surface area contributed by atoms with Gasteiger partial charge in [0, 0.05) is 0 Å². The van der Waals surface area contributed by atoms with E-state index < -0.39 is 4.92 Å². The molecule has 0 fully saturated rings. The Morgan fingerprint density at radius 2 is 2.43 bits per heavy atom. The van der Waals surface area contributed by atoms with Gasteiger partial charge in [-0.2, -0.15) is 0 Å². The average molecular weight is 101 g/mol. The second-order valence-corrected chi connectivity index (χ2v) is 1.08. The summed E-state index contributed by atoms with van der Waals surface area (Å²) in [4.78, 5) is 9.01. The Hall–Kier alpha value is -0.860. The summed E-state index contributed by atoms with van der Waals surface area (Å²) in [6.07, 6.45) is 3.17. The standard InChI is InChI=1S/C4H7NO2/c1-2-3-4-5(6)7/h3-4H,2H2,1H3/b4-3+. The summed E-state index contributed by atoms with van der Waals surface area (Å²) < 4.78 is 0. The van der Waals surface area contributed by atoms with Crippen LogP contribution >= 0.6 is 0 Å². The van der Waals surface area contributed by atoms with Gasteiger partial charge in [0.1, 0.15) is 0 Å². The molecule has 0 aromatic carbocycles. The van der Waals surface area contributed by atoms with Crippen LogP contribution in [-0.4, -0.2) is 4.92 Å². The maximum Gasteiger partial charge on any atom is 0.230 e. The summed E-state index contributed by atoms with van der Waals surface area (Å²) in [7, 11) is 0. The van der Waals surface area contributed by atoms with Crippen molar-refractivity contribution in [2.45, 2.75) is 13.3 Å². The van der Waals surface area contributed by atoms with Gasteiger partial charge >= 0.3 is 0 Å². The van der Waals surface area contributed by atoms with Crippen molar-refractivity contribution in [1.82, 2.24) is 0 Å². The quantitative estimate of drug-likeness (QED) is 0.387. The lowest BCUT2D eigenvalue weighted by Gasteiger charge is -1.72. The van der Waals surface area contributed by atoms with E-state index in [-0.39, 0.29) is 0 Å². The van der Waals surface area contributed by atoms with Gasteiger partial charge < -0.3 is 0 Å². The number of hydrogen-bond donors (Lipinski definition) is 0. The van der Waals surface area contributed by atoms with Crippen molar-refractivity contribution in [1.29, 1.82) is 0 Å². The van der Waals surface area contributed by atoms with E-state index in [0.717, 1.165) is 12.6 Å². The molecule has 0 rings (SSSR count). The zero-order valence-corrected chi connectivity index (χ0v) is 4.13. The van der Waals surface area contributed by atoms with Gasteiger partial charge in [0.25, 0.3) is 0 Å². The van der Waals surface area contributed by atoms with E-state index in [4.69, 9.17) is 0 Å². The first-order valence-corrected chi connectivity index (χ1v) is 2.07. The number of allylic oxidation sites excluding steroid dienone is 1. The molecule has 0 saturated heterocycles. The van der Waals surface area contributed by atoms with Crippen LogP contribution in [0.2, 0.25) is 0 Å². The second-order valence-electron chi connectivity index (χ2n) is 1.08. The Labute approximate surface area is 41.8 Å². The monoisotopic (exact) mass is 101 g/mol. The lowest BCUT2D eigenvalue weighted by Crippen LogP contribution is -1.80. The number of hydrogen-bond acceptors (Lipinski definition) is 2. The molecule has 0 heterocycles. The third-order valence-electron chi connectivity index (χ3n) is 0.463. The fourth-order valence-electron chi connectivity index (χ4n) is 0.191. The van der Waals surface area contributed by atoms with Crippen LogP contribution in [0.1, 0.15) is 13.3 Å². The Morgan fingerprint density at radius 1 is 1.86 bits per heavy atom. The molecule has 3 heteroatoms. The zero-order chi connectivity index (χ0) is 5.70. The highest BCUT2D eigenvalue weighted by Crippen LogP contribution is 1.77. The van der Waals surface area contributed by atoms with Gasteiger partial charge in [-0.25, -0.2) is 0 Å². The van der Waals surface area contributed by atoms with E-state index in [1.165, 1.54) is 6.08 Å². The normalized spacial score (nSPS) is 9.86. The zero-order valence-electron chi connectivity index (χ0n) is 4.13. The molecule has 0 amide bonds. The van der Waals surface area contributed by atoms with Crippen LogP contribution in [0.3, 0.4) is 0 Å². The van der Waals surface area contributed by atoms with Gasteiger partial charge in [-0.3, -0.25) is 10.1 Å². The van der Waals surface area contributed by atoms with E-state index in [1.54, 1.807) is 0 Å².